The van der Waals surface area contributed by atoms with Crippen LogP contribution in [0, 0.1) is 11.3 Å². The first kappa shape index (κ1) is 11.0. The van der Waals surface area contributed by atoms with Crippen LogP contribution in [0.2, 0.25) is 0 Å². The maximum atomic E-state index is 9.05. The highest BCUT2D eigenvalue weighted by Gasteiger charge is 2.30. The third kappa shape index (κ3) is 3.25. The molecular formula is C10H21NO2. The number of hydrogen-bond acceptors (Lipinski definition) is 3. The van der Waals surface area contributed by atoms with Gasteiger partial charge in [-0.1, -0.05) is 6.92 Å². The zero-order chi connectivity index (χ0) is 9.90. The van der Waals surface area contributed by atoms with Gasteiger partial charge in [-0.05, 0) is 25.7 Å². The summed E-state index contributed by atoms with van der Waals surface area (Å²) in [5, 5.41) is 21.5. The van der Waals surface area contributed by atoms with Crippen molar-refractivity contribution in [2.45, 2.75) is 32.7 Å². The number of aliphatic hydroxyl groups is 2. The Labute approximate surface area is 80.2 Å². The third-order valence-electron chi connectivity index (χ3n) is 2.94. The summed E-state index contributed by atoms with van der Waals surface area (Å²) in [7, 11) is 0. The van der Waals surface area contributed by atoms with Crippen LogP contribution in [0.1, 0.15) is 26.7 Å². The molecule has 3 N–H and O–H groups in total. The summed E-state index contributed by atoms with van der Waals surface area (Å²) in [4.78, 5) is 0. The van der Waals surface area contributed by atoms with E-state index in [4.69, 9.17) is 10.2 Å². The highest BCUT2D eigenvalue weighted by molar-refractivity contribution is 4.85. The van der Waals surface area contributed by atoms with Gasteiger partial charge in [-0.2, -0.15) is 0 Å². The zero-order valence-electron chi connectivity index (χ0n) is 8.58. The Morgan fingerprint density at radius 3 is 2.31 bits per heavy atom. The van der Waals surface area contributed by atoms with Gasteiger partial charge in [0.05, 0.1) is 13.2 Å². The molecule has 0 aliphatic heterocycles. The van der Waals surface area contributed by atoms with Crippen molar-refractivity contribution in [3.63, 3.8) is 0 Å². The second-order valence-corrected chi connectivity index (χ2v) is 4.63. The number of hydrogen-bond donors (Lipinski definition) is 3. The van der Waals surface area contributed by atoms with Crippen LogP contribution < -0.4 is 5.32 Å². The Bertz CT molecular complexity index is 153. The predicted octanol–water partition coefficient (Wildman–Crippen LogP) is 0.365. The van der Waals surface area contributed by atoms with Crippen LogP contribution in [0.15, 0.2) is 0 Å². The Kier molecular flexibility index (Phi) is 3.71. The molecule has 1 aliphatic carbocycles. The van der Waals surface area contributed by atoms with E-state index in [2.05, 4.69) is 12.2 Å². The van der Waals surface area contributed by atoms with Gasteiger partial charge in [-0.3, -0.25) is 0 Å². The first-order valence-electron chi connectivity index (χ1n) is 5.06. The average molecular weight is 187 g/mol. The molecule has 13 heavy (non-hydrogen) atoms. The van der Waals surface area contributed by atoms with Crippen LogP contribution in [0.5, 0.6) is 0 Å². The molecule has 78 valence electrons. The first-order valence-corrected chi connectivity index (χ1v) is 5.06. The molecule has 0 saturated heterocycles. The second kappa shape index (κ2) is 4.40. The normalized spacial score (nSPS) is 20.3. The minimum atomic E-state index is -0.372. The first-order chi connectivity index (χ1) is 6.11. The lowest BCUT2D eigenvalue weighted by Gasteiger charge is -2.27. The van der Waals surface area contributed by atoms with E-state index < -0.39 is 0 Å². The van der Waals surface area contributed by atoms with Crippen LogP contribution in [-0.4, -0.2) is 36.0 Å². The van der Waals surface area contributed by atoms with Crippen molar-refractivity contribution in [3.8, 4) is 0 Å². The summed E-state index contributed by atoms with van der Waals surface area (Å²) in [6.45, 7) is 4.83. The molecule has 0 bridgehead atoms. The summed E-state index contributed by atoms with van der Waals surface area (Å²) >= 11 is 0. The maximum Gasteiger partial charge on any atom is 0.0518 e. The van der Waals surface area contributed by atoms with Gasteiger partial charge in [0.1, 0.15) is 0 Å². The van der Waals surface area contributed by atoms with Crippen LogP contribution in [0.25, 0.3) is 0 Å². The van der Waals surface area contributed by atoms with Crippen molar-refractivity contribution in [1.82, 2.24) is 5.32 Å². The highest BCUT2D eigenvalue weighted by atomic mass is 16.3. The van der Waals surface area contributed by atoms with Crippen molar-refractivity contribution < 1.29 is 10.2 Å². The molecule has 1 saturated carbocycles. The van der Waals surface area contributed by atoms with Crippen molar-refractivity contribution in [2.75, 3.05) is 19.8 Å². The summed E-state index contributed by atoms with van der Waals surface area (Å²) in [6.07, 6.45) is 2.65. The summed E-state index contributed by atoms with van der Waals surface area (Å²) < 4.78 is 0. The minimum Gasteiger partial charge on any atom is -0.396 e. The third-order valence-corrected chi connectivity index (χ3v) is 2.94. The summed E-state index contributed by atoms with van der Waals surface area (Å²) in [6, 6.07) is 0.525. The van der Waals surface area contributed by atoms with Gasteiger partial charge in [-0.15, -0.1) is 0 Å². The molecule has 0 spiro atoms. The minimum absolute atomic E-state index is 0.0356. The Hall–Kier alpha value is -0.120. The average Bonchev–Trinajstić information content (AvgIpc) is 2.97. The zero-order valence-corrected chi connectivity index (χ0v) is 8.58. The van der Waals surface area contributed by atoms with Gasteiger partial charge in [-0.25, -0.2) is 0 Å². The lowest BCUT2D eigenvalue weighted by molar-refractivity contribution is 0.0671. The molecule has 0 aromatic carbocycles. The van der Waals surface area contributed by atoms with E-state index in [1.165, 1.54) is 12.8 Å². The lowest BCUT2D eigenvalue weighted by Crippen LogP contribution is -2.42. The van der Waals surface area contributed by atoms with Gasteiger partial charge >= 0.3 is 0 Å². The summed E-state index contributed by atoms with van der Waals surface area (Å²) in [5.74, 6) is 0.821. The van der Waals surface area contributed by atoms with Gasteiger partial charge in [0, 0.05) is 18.0 Å². The lowest BCUT2D eigenvalue weighted by atomic mass is 9.92. The van der Waals surface area contributed by atoms with E-state index in [-0.39, 0.29) is 18.6 Å². The fraction of sp³-hybridized carbons (Fsp3) is 1.00. The Balaban J connectivity index is 2.22. The van der Waals surface area contributed by atoms with Gasteiger partial charge in [0.25, 0.3) is 0 Å². The number of aliphatic hydroxyl groups excluding tert-OH is 2. The van der Waals surface area contributed by atoms with E-state index in [1.54, 1.807) is 0 Å². The largest absolute Gasteiger partial charge is 0.396 e. The molecule has 3 heteroatoms. The number of rotatable bonds is 6. The van der Waals surface area contributed by atoms with E-state index in [0.717, 1.165) is 5.92 Å². The van der Waals surface area contributed by atoms with Crippen LogP contribution in [-0.2, 0) is 0 Å². The van der Waals surface area contributed by atoms with E-state index >= 15 is 0 Å². The molecule has 1 aliphatic rings. The van der Waals surface area contributed by atoms with Crippen LogP contribution >= 0.6 is 0 Å². The Morgan fingerprint density at radius 1 is 1.38 bits per heavy atom. The number of nitrogens with one attached hydrogen (secondary N) is 1. The van der Waals surface area contributed by atoms with Crippen molar-refractivity contribution in [3.05, 3.63) is 0 Å². The molecule has 1 fully saturated rings. The van der Waals surface area contributed by atoms with E-state index in [0.29, 0.717) is 12.6 Å². The molecule has 1 rings (SSSR count). The van der Waals surface area contributed by atoms with Gasteiger partial charge < -0.3 is 15.5 Å². The highest BCUT2D eigenvalue weighted by Crippen LogP contribution is 2.32. The van der Waals surface area contributed by atoms with Crippen molar-refractivity contribution in [2.24, 2.45) is 11.3 Å². The predicted molar refractivity (Wildman–Crippen MR) is 52.5 cm³/mol. The molecule has 1 unspecified atom stereocenters. The smallest absolute Gasteiger partial charge is 0.0518 e. The van der Waals surface area contributed by atoms with Gasteiger partial charge in [0.2, 0.25) is 0 Å². The Morgan fingerprint density at radius 2 is 1.92 bits per heavy atom. The standard InChI is InChI=1S/C10H21NO2/c1-8(9-3-4-9)11-5-10(2,6-12)7-13/h8-9,11-13H,3-7H2,1-2H3. The maximum absolute atomic E-state index is 9.05. The van der Waals surface area contributed by atoms with E-state index in [9.17, 15) is 0 Å². The van der Waals surface area contributed by atoms with Crippen molar-refractivity contribution in [1.29, 1.82) is 0 Å². The molecule has 0 aromatic rings. The fourth-order valence-electron chi connectivity index (χ4n) is 1.33. The molecule has 0 radical (unpaired) electrons. The monoisotopic (exact) mass is 187 g/mol. The molecular weight excluding hydrogens is 166 g/mol. The van der Waals surface area contributed by atoms with Crippen LogP contribution in [0.3, 0.4) is 0 Å². The van der Waals surface area contributed by atoms with Crippen LogP contribution in [0.4, 0.5) is 0 Å². The SMILES string of the molecule is CC(NCC(C)(CO)CO)C1CC1. The van der Waals surface area contributed by atoms with Gasteiger partial charge in [0.15, 0.2) is 0 Å². The molecule has 1 atom stereocenters. The topological polar surface area (TPSA) is 52.5 Å². The quantitative estimate of drug-likeness (QED) is 0.563. The second-order valence-electron chi connectivity index (χ2n) is 4.63. The molecule has 0 heterocycles. The molecule has 0 amide bonds. The fourth-order valence-corrected chi connectivity index (χ4v) is 1.33. The molecule has 0 aromatic heterocycles. The van der Waals surface area contributed by atoms with E-state index in [1.807, 2.05) is 6.92 Å². The van der Waals surface area contributed by atoms with Crippen molar-refractivity contribution >= 4 is 0 Å². The summed E-state index contributed by atoms with van der Waals surface area (Å²) in [5.41, 5.74) is -0.372. The molecule has 3 nitrogen and oxygen atoms in total.